The van der Waals surface area contributed by atoms with Crippen molar-refractivity contribution in [3.05, 3.63) is 54.0 Å². The fourth-order valence-corrected chi connectivity index (χ4v) is 2.11. The molecule has 3 aromatic rings. The number of hydrogen-bond acceptors (Lipinski definition) is 3. The summed E-state index contributed by atoms with van der Waals surface area (Å²) < 4.78 is 1.45. The van der Waals surface area contributed by atoms with Crippen LogP contribution in [0.25, 0.3) is 16.6 Å². The summed E-state index contributed by atoms with van der Waals surface area (Å²) in [5.41, 5.74) is 2.34. The summed E-state index contributed by atoms with van der Waals surface area (Å²) in [7, 11) is 0. The number of nitrogens with zero attached hydrogens (tertiary/aromatic N) is 3. The smallest absolute Gasteiger partial charge is 0.354 e. The van der Waals surface area contributed by atoms with Gasteiger partial charge in [0.15, 0.2) is 5.69 Å². The topological polar surface area (TPSA) is 68.0 Å². The number of benzene rings is 1. The highest BCUT2D eigenvalue weighted by atomic mass is 16.4. The molecule has 1 N–H and O–H groups in total. The molecule has 0 bridgehead atoms. The van der Waals surface area contributed by atoms with Crippen molar-refractivity contribution in [1.82, 2.24) is 14.8 Å². The summed E-state index contributed by atoms with van der Waals surface area (Å²) in [5, 5.41) is 14.4. The summed E-state index contributed by atoms with van der Waals surface area (Å²) in [5.74, 6) is -0.999. The van der Waals surface area contributed by atoms with E-state index in [-0.39, 0.29) is 5.69 Å². The van der Waals surface area contributed by atoms with E-state index < -0.39 is 5.97 Å². The molecule has 94 valence electrons. The monoisotopic (exact) mass is 253 g/mol. The molecule has 5 nitrogen and oxygen atoms in total. The second kappa shape index (κ2) is 4.20. The molecule has 2 aromatic heterocycles. The van der Waals surface area contributed by atoms with Gasteiger partial charge in [0, 0.05) is 11.6 Å². The number of fused-ring (bicyclic) bond motifs is 1. The van der Waals surface area contributed by atoms with Gasteiger partial charge in [0.25, 0.3) is 0 Å². The maximum atomic E-state index is 11.3. The Labute approximate surface area is 109 Å². The summed E-state index contributed by atoms with van der Waals surface area (Å²) in [6.07, 6.45) is 1.71. The van der Waals surface area contributed by atoms with E-state index in [2.05, 4.69) is 10.1 Å². The predicted octanol–water partition coefficient (Wildman–Crippen LogP) is 2.43. The highest BCUT2D eigenvalue weighted by Crippen LogP contribution is 2.22. The first-order valence-electron chi connectivity index (χ1n) is 5.81. The molecule has 1 aromatic carbocycles. The summed E-state index contributed by atoms with van der Waals surface area (Å²) in [6.45, 7) is 1.77. The van der Waals surface area contributed by atoms with Gasteiger partial charge in [-0.05, 0) is 37.3 Å². The minimum Gasteiger partial charge on any atom is -0.477 e. The Morgan fingerprint density at radius 2 is 2.11 bits per heavy atom. The maximum Gasteiger partial charge on any atom is 0.354 e. The summed E-state index contributed by atoms with van der Waals surface area (Å²) in [4.78, 5) is 15.5. The standard InChI is InChI=1S/C14H11N3O2/c1-9-8-13(14(18)19)17(16-9)12-6-2-5-11-10(12)4-3-7-15-11/h2-8H,1H3,(H,18,19). The Morgan fingerprint density at radius 1 is 1.26 bits per heavy atom. The van der Waals surface area contributed by atoms with Crippen molar-refractivity contribution in [3.8, 4) is 5.69 Å². The van der Waals surface area contributed by atoms with Gasteiger partial charge in [-0.3, -0.25) is 4.98 Å². The second-order valence-corrected chi connectivity index (χ2v) is 4.24. The van der Waals surface area contributed by atoms with Gasteiger partial charge in [-0.15, -0.1) is 0 Å². The van der Waals surface area contributed by atoms with Crippen molar-refractivity contribution in [1.29, 1.82) is 0 Å². The van der Waals surface area contributed by atoms with Gasteiger partial charge in [-0.1, -0.05) is 6.07 Å². The van der Waals surface area contributed by atoms with E-state index >= 15 is 0 Å². The first kappa shape index (κ1) is 11.4. The van der Waals surface area contributed by atoms with Crippen LogP contribution in [0.4, 0.5) is 0 Å². The molecule has 0 fully saturated rings. The quantitative estimate of drug-likeness (QED) is 0.761. The first-order chi connectivity index (χ1) is 9.16. The largest absolute Gasteiger partial charge is 0.477 e. The molecule has 5 heteroatoms. The number of carbonyl (C=O) groups is 1. The van der Waals surface area contributed by atoms with Crippen molar-refractivity contribution in [2.24, 2.45) is 0 Å². The van der Waals surface area contributed by atoms with E-state index in [1.807, 2.05) is 30.3 Å². The molecular formula is C14H11N3O2. The van der Waals surface area contributed by atoms with E-state index in [0.29, 0.717) is 5.69 Å². The minimum atomic E-state index is -0.999. The molecule has 0 atom stereocenters. The Hall–Kier alpha value is -2.69. The zero-order valence-electron chi connectivity index (χ0n) is 10.2. The zero-order chi connectivity index (χ0) is 13.4. The Bertz CT molecular complexity index is 772. The van der Waals surface area contributed by atoms with Gasteiger partial charge < -0.3 is 5.11 Å². The van der Waals surface area contributed by atoms with Crippen LogP contribution in [0.15, 0.2) is 42.6 Å². The Morgan fingerprint density at radius 3 is 2.89 bits per heavy atom. The lowest BCUT2D eigenvalue weighted by molar-refractivity contribution is 0.0687. The van der Waals surface area contributed by atoms with E-state index in [9.17, 15) is 9.90 Å². The number of aryl methyl sites for hydroxylation is 1. The lowest BCUT2D eigenvalue weighted by atomic mass is 10.2. The van der Waals surface area contributed by atoms with Crippen LogP contribution in [0.5, 0.6) is 0 Å². The minimum absolute atomic E-state index is 0.147. The molecule has 0 aliphatic carbocycles. The van der Waals surface area contributed by atoms with Crippen molar-refractivity contribution in [3.63, 3.8) is 0 Å². The molecule has 0 saturated carbocycles. The van der Waals surface area contributed by atoms with Crippen molar-refractivity contribution < 1.29 is 9.90 Å². The lowest BCUT2D eigenvalue weighted by Gasteiger charge is -2.07. The van der Waals surface area contributed by atoms with Gasteiger partial charge in [-0.25, -0.2) is 9.48 Å². The van der Waals surface area contributed by atoms with Crippen molar-refractivity contribution >= 4 is 16.9 Å². The molecule has 0 aliphatic heterocycles. The van der Waals surface area contributed by atoms with Crippen LogP contribution in [0.1, 0.15) is 16.2 Å². The van der Waals surface area contributed by atoms with Gasteiger partial charge >= 0.3 is 5.97 Å². The molecule has 0 saturated heterocycles. The molecule has 19 heavy (non-hydrogen) atoms. The average molecular weight is 253 g/mol. The third-order valence-electron chi connectivity index (χ3n) is 2.90. The Kier molecular flexibility index (Phi) is 2.52. The van der Waals surface area contributed by atoms with E-state index in [1.54, 1.807) is 19.2 Å². The predicted molar refractivity (Wildman–Crippen MR) is 70.6 cm³/mol. The molecule has 3 rings (SSSR count). The Balaban J connectivity index is 2.33. The molecule has 0 amide bonds. The second-order valence-electron chi connectivity index (χ2n) is 4.24. The molecule has 0 aliphatic rings. The van der Waals surface area contributed by atoms with Crippen LogP contribution >= 0.6 is 0 Å². The van der Waals surface area contributed by atoms with Crippen molar-refractivity contribution in [2.45, 2.75) is 6.92 Å². The highest BCUT2D eigenvalue weighted by molar-refractivity contribution is 5.91. The van der Waals surface area contributed by atoms with E-state index in [4.69, 9.17) is 0 Å². The van der Waals surface area contributed by atoms with Crippen LogP contribution in [0.2, 0.25) is 0 Å². The fourth-order valence-electron chi connectivity index (χ4n) is 2.11. The third kappa shape index (κ3) is 1.85. The number of carboxylic acid groups (broad SMARTS) is 1. The first-order valence-corrected chi connectivity index (χ1v) is 5.81. The lowest BCUT2D eigenvalue weighted by Crippen LogP contribution is -2.08. The number of hydrogen-bond donors (Lipinski definition) is 1. The fraction of sp³-hybridized carbons (Fsp3) is 0.0714. The molecule has 0 radical (unpaired) electrons. The van der Waals surface area contributed by atoms with Crippen LogP contribution in [0.3, 0.4) is 0 Å². The molecule has 0 unspecified atom stereocenters. The van der Waals surface area contributed by atoms with Crippen molar-refractivity contribution in [2.75, 3.05) is 0 Å². The van der Waals surface area contributed by atoms with Crippen LogP contribution in [0, 0.1) is 6.92 Å². The maximum absolute atomic E-state index is 11.3. The molecule has 2 heterocycles. The van der Waals surface area contributed by atoms with Gasteiger partial charge in [0.05, 0.1) is 16.9 Å². The number of aromatic carboxylic acids is 1. The summed E-state index contributed by atoms with van der Waals surface area (Å²) >= 11 is 0. The normalized spacial score (nSPS) is 10.8. The average Bonchev–Trinajstić information content (AvgIpc) is 2.80. The molecule has 0 spiro atoms. The number of carboxylic acids is 1. The van der Waals surface area contributed by atoms with Crippen LogP contribution in [-0.2, 0) is 0 Å². The van der Waals surface area contributed by atoms with Gasteiger partial charge in [0.2, 0.25) is 0 Å². The van der Waals surface area contributed by atoms with Crippen LogP contribution in [-0.4, -0.2) is 25.8 Å². The third-order valence-corrected chi connectivity index (χ3v) is 2.90. The summed E-state index contributed by atoms with van der Waals surface area (Å²) in [6, 6.07) is 10.8. The van der Waals surface area contributed by atoms with Gasteiger partial charge in [0.1, 0.15) is 0 Å². The number of aromatic nitrogens is 3. The SMILES string of the molecule is Cc1cc(C(=O)O)n(-c2cccc3ncccc23)n1. The van der Waals surface area contributed by atoms with Gasteiger partial charge in [-0.2, -0.15) is 5.10 Å². The number of pyridine rings is 1. The zero-order valence-corrected chi connectivity index (χ0v) is 10.2. The highest BCUT2D eigenvalue weighted by Gasteiger charge is 2.15. The molecular weight excluding hydrogens is 242 g/mol. The van der Waals surface area contributed by atoms with E-state index in [0.717, 1.165) is 16.6 Å². The van der Waals surface area contributed by atoms with Crippen LogP contribution < -0.4 is 0 Å². The number of rotatable bonds is 2. The van der Waals surface area contributed by atoms with E-state index in [1.165, 1.54) is 4.68 Å².